The Bertz CT molecular complexity index is 1720. The zero-order valence-corrected chi connectivity index (χ0v) is 28.0. The molecule has 0 aliphatic heterocycles. The molecule has 236 valence electrons. The van der Waals surface area contributed by atoms with Gasteiger partial charge in [0.2, 0.25) is 11.8 Å². The summed E-state index contributed by atoms with van der Waals surface area (Å²) in [5.41, 5.74) is 2.11. The van der Waals surface area contributed by atoms with E-state index in [9.17, 15) is 18.0 Å². The third-order valence-corrected chi connectivity index (χ3v) is 9.29. The van der Waals surface area contributed by atoms with E-state index in [0.717, 1.165) is 15.4 Å². The molecule has 2 amide bonds. The van der Waals surface area contributed by atoms with Crippen molar-refractivity contribution in [2.75, 3.05) is 10.8 Å². The van der Waals surface area contributed by atoms with E-state index in [2.05, 4.69) is 5.32 Å². The molecule has 4 rings (SSSR count). The van der Waals surface area contributed by atoms with Gasteiger partial charge in [-0.05, 0) is 87.4 Å². The van der Waals surface area contributed by atoms with E-state index in [1.807, 2.05) is 64.1 Å². The summed E-state index contributed by atoms with van der Waals surface area (Å²) in [4.78, 5) is 29.9. The summed E-state index contributed by atoms with van der Waals surface area (Å²) in [5, 5.41) is 3.91. The Labute approximate surface area is 275 Å². The molecule has 1 atom stereocenters. The van der Waals surface area contributed by atoms with Crippen LogP contribution in [0.5, 0.6) is 0 Å². The highest BCUT2D eigenvalue weighted by atomic mass is 35.5. The first-order valence-electron chi connectivity index (χ1n) is 14.5. The van der Waals surface area contributed by atoms with Gasteiger partial charge in [0.25, 0.3) is 10.0 Å². The van der Waals surface area contributed by atoms with Gasteiger partial charge in [-0.15, -0.1) is 0 Å². The Hall–Kier alpha value is -3.85. The first-order chi connectivity index (χ1) is 21.2. The molecule has 10 heteroatoms. The van der Waals surface area contributed by atoms with Crippen molar-refractivity contribution >= 4 is 50.7 Å². The van der Waals surface area contributed by atoms with Gasteiger partial charge in [0.15, 0.2) is 0 Å². The van der Waals surface area contributed by atoms with Crippen LogP contribution in [0.4, 0.5) is 5.69 Å². The highest BCUT2D eigenvalue weighted by molar-refractivity contribution is 7.92. The number of amides is 2. The lowest BCUT2D eigenvalue weighted by molar-refractivity contribution is -0.140. The van der Waals surface area contributed by atoms with E-state index in [1.54, 1.807) is 54.6 Å². The van der Waals surface area contributed by atoms with Crippen molar-refractivity contribution in [1.82, 2.24) is 10.2 Å². The number of hydrogen-bond acceptors (Lipinski definition) is 4. The molecule has 0 heterocycles. The SMILES string of the molecule is Cc1ccc(S(=O)(=O)N(CC(=O)N(Cc2cccc(Cl)c2)[C@H](Cc2ccccc2)C(=O)NC(C)(C)C)c2ccc(Cl)cc2)cc1. The predicted octanol–water partition coefficient (Wildman–Crippen LogP) is 7.05. The average molecular weight is 667 g/mol. The van der Waals surface area contributed by atoms with Gasteiger partial charge in [-0.25, -0.2) is 8.42 Å². The second kappa shape index (κ2) is 14.5. The summed E-state index contributed by atoms with van der Waals surface area (Å²) >= 11 is 12.4. The number of halogens is 2. The fourth-order valence-corrected chi connectivity index (χ4v) is 6.57. The maximum atomic E-state index is 14.5. The number of rotatable bonds is 11. The van der Waals surface area contributed by atoms with Gasteiger partial charge in [0.05, 0.1) is 10.6 Å². The van der Waals surface area contributed by atoms with Crippen molar-refractivity contribution in [2.24, 2.45) is 0 Å². The summed E-state index contributed by atoms with van der Waals surface area (Å²) in [6.07, 6.45) is 0.209. The smallest absolute Gasteiger partial charge is 0.264 e. The molecule has 0 bridgehead atoms. The van der Waals surface area contributed by atoms with Gasteiger partial charge in [-0.1, -0.05) is 83.4 Å². The summed E-state index contributed by atoms with van der Waals surface area (Å²) < 4.78 is 29.3. The fraction of sp³-hybridized carbons (Fsp3) is 0.257. The van der Waals surface area contributed by atoms with E-state index in [0.29, 0.717) is 15.6 Å². The molecule has 1 N–H and O–H groups in total. The lowest BCUT2D eigenvalue weighted by Gasteiger charge is -2.35. The first-order valence-corrected chi connectivity index (χ1v) is 16.7. The van der Waals surface area contributed by atoms with Gasteiger partial charge in [0.1, 0.15) is 12.6 Å². The number of nitrogens with one attached hydrogen (secondary N) is 1. The van der Waals surface area contributed by atoms with Gasteiger partial charge >= 0.3 is 0 Å². The molecule has 0 unspecified atom stereocenters. The molecule has 0 aliphatic rings. The molecule has 4 aromatic rings. The number of sulfonamides is 1. The lowest BCUT2D eigenvalue weighted by atomic mass is 10.0. The topological polar surface area (TPSA) is 86.8 Å². The number of carbonyl (C=O) groups is 2. The quantitative estimate of drug-likeness (QED) is 0.186. The number of nitrogens with zero attached hydrogens (tertiary/aromatic N) is 2. The number of anilines is 1. The maximum absolute atomic E-state index is 14.5. The van der Waals surface area contributed by atoms with Crippen LogP contribution in [-0.2, 0) is 32.6 Å². The van der Waals surface area contributed by atoms with Gasteiger partial charge < -0.3 is 10.2 Å². The number of aryl methyl sites for hydroxylation is 1. The van der Waals surface area contributed by atoms with Crippen LogP contribution in [-0.4, -0.2) is 43.3 Å². The Morgan fingerprint density at radius 1 is 0.800 bits per heavy atom. The molecule has 0 saturated heterocycles. The van der Waals surface area contributed by atoms with Crippen LogP contribution >= 0.6 is 23.2 Å². The van der Waals surface area contributed by atoms with Gasteiger partial charge in [0, 0.05) is 28.5 Å². The van der Waals surface area contributed by atoms with Crippen molar-refractivity contribution in [1.29, 1.82) is 0 Å². The number of hydrogen-bond donors (Lipinski definition) is 1. The van der Waals surface area contributed by atoms with Crippen molar-refractivity contribution in [3.8, 4) is 0 Å². The van der Waals surface area contributed by atoms with Crippen molar-refractivity contribution in [3.63, 3.8) is 0 Å². The minimum Gasteiger partial charge on any atom is -0.350 e. The van der Waals surface area contributed by atoms with Crippen LogP contribution in [0.25, 0.3) is 0 Å². The van der Waals surface area contributed by atoms with Crippen molar-refractivity contribution in [3.05, 3.63) is 130 Å². The predicted molar refractivity (Wildman–Crippen MR) is 181 cm³/mol. The van der Waals surface area contributed by atoms with Crippen LogP contribution in [0.2, 0.25) is 10.0 Å². The average Bonchev–Trinajstić information content (AvgIpc) is 2.98. The third-order valence-electron chi connectivity index (χ3n) is 7.01. The van der Waals surface area contributed by atoms with Gasteiger partial charge in [-0.3, -0.25) is 13.9 Å². The summed E-state index contributed by atoms with van der Waals surface area (Å²) in [6, 6.07) is 28.1. The lowest BCUT2D eigenvalue weighted by Crippen LogP contribution is -2.56. The second-order valence-electron chi connectivity index (χ2n) is 11.9. The normalized spacial score (nSPS) is 12.3. The standard InChI is InChI=1S/C35H37Cl2N3O4S/c1-25-13-19-31(20-14-25)45(43,44)40(30-17-15-28(36)16-18-30)24-33(41)39(23-27-11-8-12-29(37)21-27)32(34(42)38-35(2,3)4)22-26-9-6-5-7-10-26/h5-21,32H,22-24H2,1-4H3,(H,38,42)/t32-/m1/s1. The van der Waals surface area contributed by atoms with Crippen molar-refractivity contribution < 1.29 is 18.0 Å². The molecule has 0 aliphatic carbocycles. The third kappa shape index (κ3) is 9.33. The Morgan fingerprint density at radius 2 is 1.42 bits per heavy atom. The highest BCUT2D eigenvalue weighted by Crippen LogP contribution is 2.27. The fourth-order valence-electron chi connectivity index (χ4n) is 4.81. The molecule has 0 saturated carbocycles. The Kier molecular flexibility index (Phi) is 11.0. The summed E-state index contributed by atoms with van der Waals surface area (Å²) in [5.74, 6) is -0.924. The highest BCUT2D eigenvalue weighted by Gasteiger charge is 2.35. The van der Waals surface area contributed by atoms with Crippen LogP contribution in [0, 0.1) is 6.92 Å². The van der Waals surface area contributed by atoms with E-state index in [-0.39, 0.29) is 29.5 Å². The monoisotopic (exact) mass is 665 g/mol. The minimum atomic E-state index is -4.20. The molecule has 45 heavy (non-hydrogen) atoms. The zero-order valence-electron chi connectivity index (χ0n) is 25.7. The summed E-state index contributed by atoms with van der Waals surface area (Å²) in [7, 11) is -4.20. The molecule has 4 aromatic carbocycles. The van der Waals surface area contributed by atoms with Crippen molar-refractivity contribution in [2.45, 2.75) is 57.1 Å². The Morgan fingerprint density at radius 3 is 2.02 bits per heavy atom. The number of benzene rings is 4. The zero-order chi connectivity index (χ0) is 32.8. The van der Waals surface area contributed by atoms with E-state index in [1.165, 1.54) is 17.0 Å². The maximum Gasteiger partial charge on any atom is 0.264 e. The van der Waals surface area contributed by atoms with E-state index < -0.39 is 34.1 Å². The Balaban J connectivity index is 1.81. The van der Waals surface area contributed by atoms with E-state index >= 15 is 0 Å². The van der Waals surface area contributed by atoms with Crippen LogP contribution in [0.3, 0.4) is 0 Å². The largest absolute Gasteiger partial charge is 0.350 e. The van der Waals surface area contributed by atoms with Crippen LogP contribution in [0.15, 0.2) is 108 Å². The first kappa shape index (κ1) is 34.0. The molecule has 0 spiro atoms. The molecule has 7 nitrogen and oxygen atoms in total. The molecule has 0 fully saturated rings. The van der Waals surface area contributed by atoms with E-state index in [4.69, 9.17) is 23.2 Å². The molecular weight excluding hydrogens is 629 g/mol. The second-order valence-corrected chi connectivity index (χ2v) is 14.6. The minimum absolute atomic E-state index is 0.0213. The summed E-state index contributed by atoms with van der Waals surface area (Å²) in [6.45, 7) is 6.91. The van der Waals surface area contributed by atoms with Crippen LogP contribution < -0.4 is 9.62 Å². The van der Waals surface area contributed by atoms with Gasteiger partial charge in [-0.2, -0.15) is 0 Å². The number of carbonyl (C=O) groups excluding carboxylic acids is 2. The molecule has 0 aromatic heterocycles. The molecular formula is C35H37Cl2N3O4S. The molecule has 0 radical (unpaired) electrons. The van der Waals surface area contributed by atoms with Crippen LogP contribution in [0.1, 0.15) is 37.5 Å².